The van der Waals surface area contributed by atoms with Gasteiger partial charge < -0.3 is 5.43 Å². The summed E-state index contributed by atoms with van der Waals surface area (Å²) in [6, 6.07) is 6.85. The number of nitrogens with zero attached hydrogens (tertiary/aromatic N) is 2. The molecule has 2 amide bonds. The van der Waals surface area contributed by atoms with Crippen molar-refractivity contribution in [3.05, 3.63) is 71.3 Å². The van der Waals surface area contributed by atoms with Crippen LogP contribution in [0.1, 0.15) is 48.4 Å². The molecule has 5 nitrogen and oxygen atoms in total. The van der Waals surface area contributed by atoms with Crippen molar-refractivity contribution in [2.24, 2.45) is 5.10 Å². The Balaban J connectivity index is 0.00000163. The van der Waals surface area contributed by atoms with Gasteiger partial charge in [0, 0.05) is 7.05 Å². The molecule has 1 aliphatic heterocycles. The normalized spacial score (nSPS) is 13.3. The Kier molecular flexibility index (Phi) is 8.22. The van der Waals surface area contributed by atoms with E-state index in [1.165, 1.54) is 4.90 Å². The van der Waals surface area contributed by atoms with Crippen LogP contribution >= 0.6 is 0 Å². The fraction of sp³-hybridized carbons (Fsp3) is 0.286. The molecule has 0 radical (unpaired) electrons. The van der Waals surface area contributed by atoms with Crippen LogP contribution in [0, 0.1) is 0 Å². The molecule has 26 heavy (non-hydrogen) atoms. The lowest BCUT2D eigenvalue weighted by molar-refractivity contribution is 0.0677. The Morgan fingerprint density at radius 3 is 2.12 bits per heavy atom. The first-order valence-electron chi connectivity index (χ1n) is 8.66. The fourth-order valence-electron chi connectivity index (χ4n) is 2.56. The summed E-state index contributed by atoms with van der Waals surface area (Å²) in [5.74, 6) is -0.583. The van der Waals surface area contributed by atoms with Crippen molar-refractivity contribution in [2.45, 2.75) is 27.7 Å². The lowest BCUT2D eigenvalue weighted by Crippen LogP contribution is -2.36. The maximum atomic E-state index is 12.5. The van der Waals surface area contributed by atoms with Crippen molar-refractivity contribution in [1.82, 2.24) is 10.3 Å². The zero-order chi connectivity index (χ0) is 19.7. The Hall–Kier alpha value is -2.95. The predicted octanol–water partition coefficient (Wildman–Crippen LogP) is 3.96. The summed E-state index contributed by atoms with van der Waals surface area (Å²) in [5, 5.41) is 4.27. The van der Waals surface area contributed by atoms with Crippen molar-refractivity contribution in [1.29, 1.82) is 0 Å². The molecular formula is C21H27N3O2. The number of nitrogens with one attached hydrogen (secondary N) is 1. The van der Waals surface area contributed by atoms with E-state index in [9.17, 15) is 9.59 Å². The molecule has 1 aromatic carbocycles. The molecule has 0 spiro atoms. The number of rotatable bonds is 6. The van der Waals surface area contributed by atoms with Crippen molar-refractivity contribution in [2.75, 3.05) is 13.6 Å². The lowest BCUT2D eigenvalue weighted by atomic mass is 10.0. The molecule has 1 N–H and O–H groups in total. The highest BCUT2D eigenvalue weighted by Gasteiger charge is 2.36. The zero-order valence-electron chi connectivity index (χ0n) is 16.2. The monoisotopic (exact) mass is 353 g/mol. The van der Waals surface area contributed by atoms with Crippen molar-refractivity contribution in [3.8, 4) is 0 Å². The van der Waals surface area contributed by atoms with Crippen LogP contribution in [0.4, 0.5) is 0 Å². The van der Waals surface area contributed by atoms with E-state index in [-0.39, 0.29) is 18.4 Å². The van der Waals surface area contributed by atoms with E-state index in [4.69, 9.17) is 0 Å². The number of amides is 2. The molecule has 1 aromatic rings. The summed E-state index contributed by atoms with van der Waals surface area (Å²) in [5.41, 5.74) is 6.13. The first kappa shape index (κ1) is 21.1. The predicted molar refractivity (Wildman–Crippen MR) is 107 cm³/mol. The molecule has 0 saturated heterocycles. The molecule has 138 valence electrons. The van der Waals surface area contributed by atoms with E-state index >= 15 is 0 Å². The van der Waals surface area contributed by atoms with Gasteiger partial charge in [-0.1, -0.05) is 56.4 Å². The van der Waals surface area contributed by atoms with Crippen LogP contribution in [0.15, 0.2) is 65.3 Å². The van der Waals surface area contributed by atoms with Gasteiger partial charge in [-0.15, -0.1) is 0 Å². The maximum absolute atomic E-state index is 12.5. The van der Waals surface area contributed by atoms with E-state index in [0.29, 0.717) is 16.8 Å². The molecule has 0 saturated carbocycles. The molecule has 0 aliphatic carbocycles. The summed E-state index contributed by atoms with van der Waals surface area (Å²) in [6.45, 7) is 11.7. The van der Waals surface area contributed by atoms with Gasteiger partial charge in [0.1, 0.15) is 0 Å². The van der Waals surface area contributed by atoms with Gasteiger partial charge in [0.05, 0.1) is 23.4 Å². The van der Waals surface area contributed by atoms with E-state index in [2.05, 4.69) is 17.1 Å². The minimum absolute atomic E-state index is 0.106. The van der Waals surface area contributed by atoms with Gasteiger partial charge in [-0.05, 0) is 31.6 Å². The van der Waals surface area contributed by atoms with Crippen LogP contribution in [0.3, 0.4) is 0 Å². The quantitative estimate of drug-likeness (QED) is 0.364. The Morgan fingerprint density at radius 1 is 1.15 bits per heavy atom. The number of allylic oxidation sites excluding steroid dienone is 4. The van der Waals surface area contributed by atoms with Crippen LogP contribution in [-0.4, -0.2) is 36.0 Å². The number of hydrazone groups is 1. The number of hydrogen-bond donors (Lipinski definition) is 1. The average Bonchev–Trinajstić information content (AvgIpc) is 2.89. The van der Waals surface area contributed by atoms with Gasteiger partial charge in [0.25, 0.3) is 11.8 Å². The Labute approximate surface area is 155 Å². The summed E-state index contributed by atoms with van der Waals surface area (Å²) >= 11 is 0. The van der Waals surface area contributed by atoms with E-state index in [1.54, 1.807) is 43.5 Å². The largest absolute Gasteiger partial charge is 0.313 e. The van der Waals surface area contributed by atoms with Gasteiger partial charge in [-0.2, -0.15) is 5.10 Å². The third-order valence-corrected chi connectivity index (χ3v) is 3.68. The van der Waals surface area contributed by atoms with Gasteiger partial charge in [0.2, 0.25) is 0 Å². The number of imide groups is 1. The summed E-state index contributed by atoms with van der Waals surface area (Å²) < 4.78 is 0. The van der Waals surface area contributed by atoms with Gasteiger partial charge in [0.15, 0.2) is 0 Å². The highest BCUT2D eigenvalue weighted by atomic mass is 16.2. The van der Waals surface area contributed by atoms with Crippen molar-refractivity contribution in [3.63, 3.8) is 0 Å². The standard InChI is InChI=1S/C19H21N3O2.C2H6/c1-5-6-9-14(13(2)3)17(21-20-4)12-22-18(23)15-10-7-8-11-16(15)19(22)24;1-2/h5-11,20H,1,12H2,2-4H3;1-2H3/b9-6-,21-17-;. The molecule has 1 aliphatic rings. The molecular weight excluding hydrogens is 326 g/mol. The summed E-state index contributed by atoms with van der Waals surface area (Å²) in [7, 11) is 1.68. The lowest BCUT2D eigenvalue weighted by Gasteiger charge is -2.17. The number of fused-ring (bicyclic) bond motifs is 1. The number of carbonyl (C=O) groups is 2. The fourth-order valence-corrected chi connectivity index (χ4v) is 2.56. The number of benzene rings is 1. The minimum atomic E-state index is -0.291. The second-order valence-corrected chi connectivity index (χ2v) is 5.53. The molecule has 5 heteroatoms. The minimum Gasteiger partial charge on any atom is -0.313 e. The van der Waals surface area contributed by atoms with E-state index in [0.717, 1.165) is 11.1 Å². The molecule has 2 rings (SSSR count). The number of hydrogen-bond acceptors (Lipinski definition) is 4. The third kappa shape index (κ3) is 4.57. The van der Waals surface area contributed by atoms with Gasteiger partial charge >= 0.3 is 0 Å². The first-order valence-corrected chi connectivity index (χ1v) is 8.66. The van der Waals surface area contributed by atoms with Crippen LogP contribution in [-0.2, 0) is 0 Å². The Morgan fingerprint density at radius 2 is 1.69 bits per heavy atom. The van der Waals surface area contributed by atoms with Crippen LogP contribution in [0.5, 0.6) is 0 Å². The van der Waals surface area contributed by atoms with E-state index < -0.39 is 0 Å². The smallest absolute Gasteiger partial charge is 0.261 e. The molecule has 0 fully saturated rings. The van der Waals surface area contributed by atoms with Gasteiger partial charge in [-0.25, -0.2) is 0 Å². The number of carbonyl (C=O) groups excluding carboxylic acids is 2. The van der Waals surface area contributed by atoms with Gasteiger partial charge in [-0.3, -0.25) is 14.5 Å². The highest BCUT2D eigenvalue weighted by molar-refractivity contribution is 6.23. The molecule has 0 unspecified atom stereocenters. The maximum Gasteiger partial charge on any atom is 0.261 e. The second kappa shape index (κ2) is 10.1. The molecule has 0 bridgehead atoms. The summed E-state index contributed by atoms with van der Waals surface area (Å²) in [6.07, 6.45) is 5.34. The first-order chi connectivity index (χ1) is 12.5. The van der Waals surface area contributed by atoms with Crippen molar-refractivity contribution >= 4 is 17.5 Å². The SMILES string of the molecule is C=C/C=C\C(=C(C)C)/C(CN1C(=O)c2ccccc2C1=O)=N\NC.CC. The molecule has 0 aromatic heterocycles. The highest BCUT2D eigenvalue weighted by Crippen LogP contribution is 2.23. The van der Waals surface area contributed by atoms with Crippen molar-refractivity contribution < 1.29 is 9.59 Å². The Bertz CT molecular complexity index is 734. The van der Waals surface area contributed by atoms with Crippen LogP contribution in [0.2, 0.25) is 0 Å². The van der Waals surface area contributed by atoms with Crippen LogP contribution < -0.4 is 5.43 Å². The summed E-state index contributed by atoms with van der Waals surface area (Å²) in [4.78, 5) is 26.3. The molecule has 1 heterocycles. The van der Waals surface area contributed by atoms with Crippen LogP contribution in [0.25, 0.3) is 0 Å². The average molecular weight is 353 g/mol. The second-order valence-electron chi connectivity index (χ2n) is 5.53. The third-order valence-electron chi connectivity index (χ3n) is 3.68. The van der Waals surface area contributed by atoms with E-state index in [1.807, 2.05) is 33.8 Å². The molecule has 0 atom stereocenters. The zero-order valence-corrected chi connectivity index (χ0v) is 16.2. The topological polar surface area (TPSA) is 61.8 Å².